The summed E-state index contributed by atoms with van der Waals surface area (Å²) in [6, 6.07) is 11.3. The van der Waals surface area contributed by atoms with Crippen molar-refractivity contribution >= 4 is 11.9 Å². The van der Waals surface area contributed by atoms with Crippen LogP contribution in [-0.4, -0.2) is 32.8 Å². The Balaban J connectivity index is 1.75. The van der Waals surface area contributed by atoms with Crippen LogP contribution in [0.25, 0.3) is 5.69 Å². The summed E-state index contributed by atoms with van der Waals surface area (Å²) in [4.78, 5) is 34.8. The molecule has 7 heteroatoms. The lowest BCUT2D eigenvalue weighted by Crippen LogP contribution is -2.47. The molecule has 1 saturated carbocycles. The van der Waals surface area contributed by atoms with Crippen LogP contribution in [0.1, 0.15) is 23.3 Å². The maximum absolute atomic E-state index is 12.2. The zero-order chi connectivity index (χ0) is 16.4. The van der Waals surface area contributed by atoms with Crippen LogP contribution in [0, 0.1) is 5.92 Å². The molecule has 2 aromatic rings. The van der Waals surface area contributed by atoms with Gasteiger partial charge in [-0.3, -0.25) is 14.4 Å². The van der Waals surface area contributed by atoms with E-state index >= 15 is 0 Å². The quantitative estimate of drug-likeness (QED) is 0.870. The number of carboxylic acids is 1. The van der Waals surface area contributed by atoms with E-state index in [9.17, 15) is 14.4 Å². The number of rotatable bonds is 4. The Morgan fingerprint density at radius 1 is 1.13 bits per heavy atom. The van der Waals surface area contributed by atoms with Crippen molar-refractivity contribution in [3.8, 4) is 5.69 Å². The first-order chi connectivity index (χ1) is 11.0. The van der Waals surface area contributed by atoms with Crippen molar-refractivity contribution in [2.24, 2.45) is 5.92 Å². The molecule has 1 fully saturated rings. The van der Waals surface area contributed by atoms with Crippen LogP contribution < -0.4 is 10.9 Å². The first-order valence-corrected chi connectivity index (χ1v) is 7.24. The molecule has 1 amide bonds. The summed E-state index contributed by atoms with van der Waals surface area (Å²) in [5, 5.41) is 15.7. The predicted molar refractivity (Wildman–Crippen MR) is 81.4 cm³/mol. The summed E-state index contributed by atoms with van der Waals surface area (Å²) in [7, 11) is 0. The Labute approximate surface area is 131 Å². The molecule has 7 nitrogen and oxygen atoms in total. The monoisotopic (exact) mass is 313 g/mol. The molecule has 1 aliphatic carbocycles. The molecule has 118 valence electrons. The summed E-state index contributed by atoms with van der Waals surface area (Å²) >= 11 is 0. The second-order valence-electron chi connectivity index (χ2n) is 5.48. The largest absolute Gasteiger partial charge is 0.481 e. The lowest BCUT2D eigenvalue weighted by atomic mass is 9.80. The standard InChI is InChI=1S/C16H15N3O4/c20-14-7-6-13(18-19(14)12-4-2-1-3-5-12)15(21)17-11-8-10(9-11)16(22)23/h1-7,10-11H,8-9H2,(H,17,21)(H,22,23). The highest BCUT2D eigenvalue weighted by atomic mass is 16.4. The van der Waals surface area contributed by atoms with Crippen molar-refractivity contribution in [3.63, 3.8) is 0 Å². The highest BCUT2D eigenvalue weighted by Crippen LogP contribution is 2.27. The Morgan fingerprint density at radius 2 is 1.83 bits per heavy atom. The van der Waals surface area contributed by atoms with Crippen LogP contribution in [-0.2, 0) is 4.79 Å². The topological polar surface area (TPSA) is 101 Å². The van der Waals surface area contributed by atoms with Crippen molar-refractivity contribution in [3.05, 3.63) is 58.5 Å². The number of carbonyl (C=O) groups excluding carboxylic acids is 1. The average molecular weight is 313 g/mol. The Morgan fingerprint density at radius 3 is 2.48 bits per heavy atom. The van der Waals surface area contributed by atoms with E-state index in [0.29, 0.717) is 18.5 Å². The van der Waals surface area contributed by atoms with Crippen molar-refractivity contribution < 1.29 is 14.7 Å². The molecule has 0 unspecified atom stereocenters. The van der Waals surface area contributed by atoms with Crippen LogP contribution >= 0.6 is 0 Å². The summed E-state index contributed by atoms with van der Waals surface area (Å²) < 4.78 is 1.16. The van der Waals surface area contributed by atoms with Crippen LogP contribution in [0.4, 0.5) is 0 Å². The minimum Gasteiger partial charge on any atom is -0.481 e. The molecule has 1 aliphatic rings. The van der Waals surface area contributed by atoms with Gasteiger partial charge in [-0.05, 0) is 31.0 Å². The van der Waals surface area contributed by atoms with E-state index in [-0.39, 0.29) is 17.3 Å². The van der Waals surface area contributed by atoms with Crippen molar-refractivity contribution in [2.75, 3.05) is 0 Å². The second kappa shape index (κ2) is 6.04. The Kier molecular flexibility index (Phi) is 3.92. The van der Waals surface area contributed by atoms with Gasteiger partial charge < -0.3 is 10.4 Å². The highest BCUT2D eigenvalue weighted by molar-refractivity contribution is 5.92. The van der Waals surface area contributed by atoms with Crippen LogP contribution in [0.2, 0.25) is 0 Å². The number of benzene rings is 1. The third-order valence-electron chi connectivity index (χ3n) is 3.86. The van der Waals surface area contributed by atoms with E-state index in [1.165, 1.54) is 12.1 Å². The van der Waals surface area contributed by atoms with Gasteiger partial charge in [0.25, 0.3) is 11.5 Å². The van der Waals surface area contributed by atoms with E-state index in [1.807, 2.05) is 6.07 Å². The minimum absolute atomic E-state index is 0.118. The third kappa shape index (κ3) is 3.13. The van der Waals surface area contributed by atoms with Gasteiger partial charge in [0.05, 0.1) is 11.6 Å². The molecule has 23 heavy (non-hydrogen) atoms. The van der Waals surface area contributed by atoms with Gasteiger partial charge in [0, 0.05) is 12.1 Å². The van der Waals surface area contributed by atoms with Gasteiger partial charge in [0.15, 0.2) is 0 Å². The molecule has 1 aromatic carbocycles. The number of aliphatic carboxylic acids is 1. The van der Waals surface area contributed by atoms with Gasteiger partial charge in [-0.15, -0.1) is 0 Å². The number of carboxylic acid groups (broad SMARTS) is 1. The molecule has 0 bridgehead atoms. The molecule has 2 N–H and O–H groups in total. The van der Waals surface area contributed by atoms with Gasteiger partial charge in [-0.25, -0.2) is 0 Å². The lowest BCUT2D eigenvalue weighted by Gasteiger charge is -2.32. The molecular formula is C16H15N3O4. The number of carbonyl (C=O) groups is 2. The number of hydrogen-bond donors (Lipinski definition) is 2. The van der Waals surface area contributed by atoms with Crippen molar-refractivity contribution in [2.45, 2.75) is 18.9 Å². The van der Waals surface area contributed by atoms with E-state index < -0.39 is 17.8 Å². The number of nitrogens with one attached hydrogen (secondary N) is 1. The zero-order valence-electron chi connectivity index (χ0n) is 12.2. The van der Waals surface area contributed by atoms with Crippen molar-refractivity contribution in [1.29, 1.82) is 0 Å². The molecule has 0 saturated heterocycles. The molecule has 3 rings (SSSR count). The zero-order valence-corrected chi connectivity index (χ0v) is 12.2. The smallest absolute Gasteiger partial charge is 0.306 e. The maximum atomic E-state index is 12.2. The Hall–Kier alpha value is -2.96. The van der Waals surface area contributed by atoms with Gasteiger partial charge in [-0.1, -0.05) is 18.2 Å². The fourth-order valence-electron chi connectivity index (χ4n) is 2.48. The van der Waals surface area contributed by atoms with E-state index in [2.05, 4.69) is 10.4 Å². The summed E-state index contributed by atoms with van der Waals surface area (Å²) in [6.45, 7) is 0. The van der Waals surface area contributed by atoms with Crippen LogP contribution in [0.3, 0.4) is 0 Å². The van der Waals surface area contributed by atoms with Gasteiger partial charge in [0.1, 0.15) is 5.69 Å². The summed E-state index contributed by atoms with van der Waals surface area (Å²) in [5.74, 6) is -1.65. The summed E-state index contributed by atoms with van der Waals surface area (Å²) in [5.41, 5.74) is 0.358. The highest BCUT2D eigenvalue weighted by Gasteiger charge is 2.35. The first kappa shape index (κ1) is 15.0. The maximum Gasteiger partial charge on any atom is 0.306 e. The number of para-hydroxylation sites is 1. The number of nitrogens with zero attached hydrogens (tertiary/aromatic N) is 2. The van der Waals surface area contributed by atoms with Crippen LogP contribution in [0.5, 0.6) is 0 Å². The fourth-order valence-corrected chi connectivity index (χ4v) is 2.48. The van der Waals surface area contributed by atoms with Crippen LogP contribution in [0.15, 0.2) is 47.3 Å². The van der Waals surface area contributed by atoms with Crippen molar-refractivity contribution in [1.82, 2.24) is 15.1 Å². The van der Waals surface area contributed by atoms with Gasteiger partial charge in [-0.2, -0.15) is 9.78 Å². The van der Waals surface area contributed by atoms with E-state index in [0.717, 1.165) is 4.68 Å². The van der Waals surface area contributed by atoms with E-state index in [4.69, 9.17) is 5.11 Å². The third-order valence-corrected chi connectivity index (χ3v) is 3.86. The van der Waals surface area contributed by atoms with Gasteiger partial charge in [0.2, 0.25) is 0 Å². The normalized spacial score (nSPS) is 19.7. The molecule has 1 heterocycles. The number of amides is 1. The average Bonchev–Trinajstić information content (AvgIpc) is 2.51. The Bertz CT molecular complexity index is 794. The molecule has 1 aromatic heterocycles. The molecule has 0 atom stereocenters. The molecule has 0 radical (unpaired) electrons. The number of hydrogen-bond acceptors (Lipinski definition) is 4. The SMILES string of the molecule is O=C(NC1CC(C(=O)O)C1)c1ccc(=O)n(-c2ccccc2)n1. The second-order valence-corrected chi connectivity index (χ2v) is 5.48. The molecule has 0 spiro atoms. The van der Waals surface area contributed by atoms with E-state index in [1.54, 1.807) is 24.3 Å². The fraction of sp³-hybridized carbons (Fsp3) is 0.250. The molecule has 0 aliphatic heterocycles. The summed E-state index contributed by atoms with van der Waals surface area (Å²) in [6.07, 6.45) is 0.832. The first-order valence-electron chi connectivity index (χ1n) is 7.24. The molecular weight excluding hydrogens is 298 g/mol. The predicted octanol–water partition coefficient (Wildman–Crippen LogP) is 0.825. The van der Waals surface area contributed by atoms with Gasteiger partial charge >= 0.3 is 5.97 Å². The lowest BCUT2D eigenvalue weighted by molar-refractivity contribution is -0.145. The number of aromatic nitrogens is 2. The minimum atomic E-state index is -0.841.